The molecule has 4 atom stereocenters. The zero-order valence-electron chi connectivity index (χ0n) is 31.4. The van der Waals surface area contributed by atoms with Gasteiger partial charge in [0, 0.05) is 40.3 Å². The van der Waals surface area contributed by atoms with E-state index in [1.54, 1.807) is 55.6 Å². The topological polar surface area (TPSA) is 213 Å². The van der Waals surface area contributed by atoms with Gasteiger partial charge in [-0.15, -0.1) is 32.5 Å². The molecular formula is C37H37FN3O14PS3. The van der Waals surface area contributed by atoms with E-state index in [2.05, 4.69) is 9.68 Å². The number of carbonyl (C=O) groups is 3. The first kappa shape index (κ1) is 45.0. The number of allylic oxidation sites excluding steroid dienone is 2. The highest BCUT2D eigenvalue weighted by Gasteiger charge is 2.32. The van der Waals surface area contributed by atoms with E-state index in [0.717, 1.165) is 5.56 Å². The number of fused-ring (bicyclic) bond motifs is 1. The average Bonchev–Trinajstić information content (AvgIpc) is 3.44. The molecule has 0 N–H and O–H groups in total. The fraction of sp³-hybridized carbons (Fsp3) is 0.324. The minimum absolute atomic E-state index is 0.0135. The van der Waals surface area contributed by atoms with E-state index in [4.69, 9.17) is 43.0 Å². The van der Waals surface area contributed by atoms with Gasteiger partial charge in [-0.3, -0.25) is 18.5 Å². The monoisotopic (exact) mass is 893 g/mol. The van der Waals surface area contributed by atoms with Gasteiger partial charge in [0.25, 0.3) is 10.2 Å². The third kappa shape index (κ3) is 12.2. The summed E-state index contributed by atoms with van der Waals surface area (Å²) < 4.78 is 50.1. The van der Waals surface area contributed by atoms with Gasteiger partial charge in [0.2, 0.25) is 6.10 Å². The van der Waals surface area contributed by atoms with Crippen LogP contribution in [-0.4, -0.2) is 94.9 Å². The third-order valence-corrected chi connectivity index (χ3v) is 14.8. The second kappa shape index (κ2) is 20.3. The molecular weight excluding hydrogens is 857 g/mol. The minimum Gasteiger partial charge on any atom is -0.461 e. The molecule has 0 spiro atoms. The normalized spacial score (nSPS) is 17.2. The fourth-order valence-corrected chi connectivity index (χ4v) is 9.96. The van der Waals surface area contributed by atoms with Gasteiger partial charge < -0.3 is 28.6 Å². The standard InChI is InChI=1S/C37H37FN3O14PS3/c1-23-31(17-24-3-10-29(11-4-24)59(2)49)30-12-5-25(38)18-33(30)32(23)20-36(43)54-34(22-51-35(42)19-27(55-41(47)48)21-52-40(45)46)37(44)53-26-6-8-28(9-7-26)56(57,58)39-13-15-50-16-14-39/h3-12,17-18,27,34H,13-16,19-22H2,1-2H3,(H,57,58)/b31-17-. The summed E-state index contributed by atoms with van der Waals surface area (Å²) in [5.41, 5.74) is 3.43. The number of hydrogen-bond acceptors (Lipinski definition) is 15. The van der Waals surface area contributed by atoms with Crippen LogP contribution in [0.5, 0.6) is 5.75 Å². The van der Waals surface area contributed by atoms with Crippen LogP contribution in [0.2, 0.25) is 0 Å². The first-order valence-corrected chi connectivity index (χ1v) is 23.1. The molecule has 17 nitrogen and oxygen atoms in total. The van der Waals surface area contributed by atoms with Gasteiger partial charge in [-0.2, -0.15) is 0 Å². The molecule has 0 bridgehead atoms. The number of hydrogen-bond donors (Lipinski definition) is 1. The summed E-state index contributed by atoms with van der Waals surface area (Å²) in [7, 11) is -1.19. The number of rotatable bonds is 18. The van der Waals surface area contributed by atoms with Crippen molar-refractivity contribution in [2.75, 3.05) is 45.8 Å². The van der Waals surface area contributed by atoms with Crippen LogP contribution in [0.25, 0.3) is 17.2 Å². The molecule has 314 valence electrons. The number of benzene rings is 3. The number of nitrogens with zero attached hydrogens (tertiary/aromatic N) is 3. The Morgan fingerprint density at radius 3 is 2.31 bits per heavy atom. The number of carbonyl (C=O) groups excluding carboxylic acids is 3. The minimum atomic E-state index is -2.47. The predicted molar refractivity (Wildman–Crippen MR) is 218 cm³/mol. The van der Waals surface area contributed by atoms with Gasteiger partial charge in [0.15, 0.2) is 0 Å². The summed E-state index contributed by atoms with van der Waals surface area (Å²) in [5.74, 6) is -3.95. The van der Waals surface area contributed by atoms with Gasteiger partial charge in [0.1, 0.15) is 30.9 Å². The summed E-state index contributed by atoms with van der Waals surface area (Å²) in [6.45, 7) is 1.99. The van der Waals surface area contributed by atoms with Crippen LogP contribution in [0, 0.1) is 26.0 Å². The summed E-state index contributed by atoms with van der Waals surface area (Å²) in [5, 5.41) is 17.2. The van der Waals surface area contributed by atoms with Gasteiger partial charge in [-0.25, -0.2) is 9.18 Å². The molecule has 1 saturated heterocycles. The van der Waals surface area contributed by atoms with Crippen LogP contribution >= 0.6 is 17.6 Å². The van der Waals surface area contributed by atoms with E-state index < -0.39 is 88.4 Å². The molecule has 4 unspecified atom stereocenters. The van der Waals surface area contributed by atoms with Crippen molar-refractivity contribution in [2.24, 2.45) is 0 Å². The quantitative estimate of drug-likeness (QED) is 0.0457. The van der Waals surface area contributed by atoms with Crippen LogP contribution in [0.15, 0.2) is 77.2 Å². The molecule has 1 heterocycles. The second-order valence-corrected chi connectivity index (χ2v) is 20.6. The van der Waals surface area contributed by atoms with Crippen LogP contribution < -0.4 is 10.0 Å². The van der Waals surface area contributed by atoms with Crippen molar-refractivity contribution in [1.29, 1.82) is 0 Å². The maximum atomic E-state index is 14.6. The molecule has 1 aliphatic carbocycles. The maximum absolute atomic E-state index is 14.6. The van der Waals surface area contributed by atoms with E-state index in [9.17, 15) is 43.2 Å². The van der Waals surface area contributed by atoms with Gasteiger partial charge in [-0.05, 0) is 94.9 Å². The Kier molecular flexibility index (Phi) is 15.5. The van der Waals surface area contributed by atoms with Crippen molar-refractivity contribution in [2.45, 2.75) is 36.9 Å². The summed E-state index contributed by atoms with van der Waals surface area (Å²) in [6.07, 6.45) is -1.66. The molecule has 3 aromatic carbocycles. The molecule has 0 saturated carbocycles. The summed E-state index contributed by atoms with van der Waals surface area (Å²) in [4.78, 5) is 70.4. The highest BCUT2D eigenvalue weighted by atomic mass is 32.9. The average molecular weight is 894 g/mol. The Balaban J connectivity index is 1.36. The number of halogens is 1. The lowest BCUT2D eigenvalue weighted by Gasteiger charge is -2.34. The zero-order chi connectivity index (χ0) is 42.9. The van der Waals surface area contributed by atoms with Crippen molar-refractivity contribution in [3.05, 3.63) is 115 Å². The van der Waals surface area contributed by atoms with Crippen molar-refractivity contribution in [3.8, 4) is 5.75 Å². The summed E-state index contributed by atoms with van der Waals surface area (Å²) >= 11 is 10.6. The Hall–Kier alpha value is -5.05. The molecule has 0 amide bonds. The lowest BCUT2D eigenvalue weighted by molar-refractivity contribution is -0.789. The van der Waals surface area contributed by atoms with Crippen molar-refractivity contribution >= 4 is 80.7 Å². The second-order valence-electron chi connectivity index (χ2n) is 12.9. The zero-order valence-corrected chi connectivity index (χ0v) is 34.8. The first-order chi connectivity index (χ1) is 28.0. The van der Waals surface area contributed by atoms with Gasteiger partial charge in [0.05, 0.1) is 31.4 Å². The Labute approximate surface area is 349 Å². The van der Waals surface area contributed by atoms with Gasteiger partial charge in [-0.1, -0.05) is 30.0 Å². The van der Waals surface area contributed by atoms with E-state index >= 15 is 0 Å². The van der Waals surface area contributed by atoms with E-state index in [0.29, 0.717) is 64.3 Å². The highest BCUT2D eigenvalue weighted by Crippen LogP contribution is 2.53. The molecule has 0 radical (unpaired) electrons. The smallest absolute Gasteiger partial charge is 0.356 e. The lowest BCUT2D eigenvalue weighted by Crippen LogP contribution is -2.37. The molecule has 22 heteroatoms. The molecule has 2 aliphatic rings. The van der Waals surface area contributed by atoms with Crippen molar-refractivity contribution in [3.63, 3.8) is 0 Å². The Morgan fingerprint density at radius 1 is 1.00 bits per heavy atom. The van der Waals surface area contributed by atoms with Crippen molar-refractivity contribution in [1.82, 2.24) is 4.67 Å². The highest BCUT2D eigenvalue weighted by molar-refractivity contribution is 8.65. The summed E-state index contributed by atoms with van der Waals surface area (Å²) in [6, 6.07) is 17.3. The third-order valence-electron chi connectivity index (χ3n) is 8.99. The molecule has 1 fully saturated rings. The van der Waals surface area contributed by atoms with Crippen LogP contribution in [0.1, 0.15) is 36.5 Å². The number of morpholine rings is 1. The number of ether oxygens (including phenoxy) is 4. The lowest BCUT2D eigenvalue weighted by atomic mass is 10.0. The largest absolute Gasteiger partial charge is 0.461 e. The van der Waals surface area contributed by atoms with E-state index in [1.165, 1.54) is 24.3 Å². The molecule has 3 aromatic rings. The first-order valence-electron chi connectivity index (χ1n) is 17.6. The SMILES string of the molecule is CC1=C(CC(=O)OC(COC(=O)CC(CO[N+](=O)[O-])O[N+](=O)[O-])C(=O)Oc2ccc(P(=S)(S)N3CCOCC3)cc2)c2cc(F)ccc2/C1=C\c1ccc(S(C)=O)cc1. The molecule has 59 heavy (non-hydrogen) atoms. The molecule has 5 rings (SSSR count). The molecule has 0 aromatic heterocycles. The van der Waals surface area contributed by atoms with Crippen molar-refractivity contribution < 1.29 is 61.8 Å². The van der Waals surface area contributed by atoms with E-state index in [-0.39, 0.29) is 5.75 Å². The van der Waals surface area contributed by atoms with Crippen LogP contribution in [0.4, 0.5) is 4.39 Å². The maximum Gasteiger partial charge on any atom is 0.356 e. The Bertz CT molecular complexity index is 2230. The van der Waals surface area contributed by atoms with Crippen LogP contribution in [0.3, 0.4) is 0 Å². The van der Waals surface area contributed by atoms with Crippen LogP contribution in [-0.2, 0) is 60.9 Å². The predicted octanol–water partition coefficient (Wildman–Crippen LogP) is 4.71. The Morgan fingerprint density at radius 2 is 1.68 bits per heavy atom. The molecule has 1 aliphatic heterocycles. The fourth-order valence-electron chi connectivity index (χ4n) is 6.08. The number of esters is 3. The van der Waals surface area contributed by atoms with Gasteiger partial charge >= 0.3 is 17.9 Å². The van der Waals surface area contributed by atoms with E-state index in [1.807, 2.05) is 10.7 Å². The number of thiol groups is 1.